The number of rotatable bonds is 5. The van der Waals surface area contributed by atoms with Gasteiger partial charge in [0.25, 0.3) is 0 Å². The summed E-state index contributed by atoms with van der Waals surface area (Å²) in [6.07, 6.45) is 3.60. The first-order chi connectivity index (χ1) is 13.5. The van der Waals surface area contributed by atoms with Gasteiger partial charge in [-0.25, -0.2) is 0 Å². The summed E-state index contributed by atoms with van der Waals surface area (Å²) in [5.74, 6) is -3.45. The van der Waals surface area contributed by atoms with Crippen LogP contribution in [0.2, 0.25) is 0 Å². The van der Waals surface area contributed by atoms with E-state index in [1.807, 2.05) is 48.5 Å². The minimum absolute atomic E-state index is 0.132. The summed E-state index contributed by atoms with van der Waals surface area (Å²) in [4.78, 5) is 39.7. The molecule has 8 heteroatoms. The van der Waals surface area contributed by atoms with E-state index in [-0.39, 0.29) is 12.5 Å². The maximum absolute atomic E-state index is 13.0. The summed E-state index contributed by atoms with van der Waals surface area (Å²) in [5, 5.41) is 12.6. The van der Waals surface area contributed by atoms with Crippen LogP contribution in [0.5, 0.6) is 0 Å². The lowest BCUT2D eigenvalue weighted by Crippen LogP contribution is -2.43. The monoisotopic (exact) mass is 460 g/mol. The normalized spacial score (nSPS) is 27.0. The molecule has 0 radical (unpaired) electrons. The number of imide groups is 1. The van der Waals surface area contributed by atoms with E-state index in [0.717, 1.165) is 14.2 Å². The minimum Gasteiger partial charge on any atom is -0.480 e. The molecule has 4 atom stereocenters. The summed E-state index contributed by atoms with van der Waals surface area (Å²) in [5.41, 5.74) is 0.966. The Kier molecular flexibility index (Phi) is 5.18. The van der Waals surface area contributed by atoms with E-state index in [2.05, 4.69) is 21.2 Å². The molecule has 4 unspecified atom stereocenters. The van der Waals surface area contributed by atoms with Gasteiger partial charge in [-0.05, 0) is 33.6 Å². The van der Waals surface area contributed by atoms with Gasteiger partial charge in [0.2, 0.25) is 11.8 Å². The van der Waals surface area contributed by atoms with Crippen LogP contribution in [0, 0.1) is 11.8 Å². The molecule has 2 amide bonds. The van der Waals surface area contributed by atoms with Crippen LogP contribution in [0.15, 0.2) is 52.3 Å². The average Bonchev–Trinajstić information content (AvgIpc) is 3.34. The van der Waals surface area contributed by atoms with Crippen LogP contribution in [0.1, 0.15) is 16.5 Å². The number of aliphatic carboxylic acids is 1. The standard InChI is InChI=1S/C20H17BrN2O4S/c21-13-9-8-12(28-13)16-14-15(17(22-16)20(26)27)19(25)23(18(14)24)10-4-7-11-5-2-1-3-6-11/h1-9,14-17,22H,10H2,(H,26,27)/b7-4+. The van der Waals surface area contributed by atoms with Gasteiger partial charge in [-0.2, -0.15) is 0 Å². The zero-order valence-electron chi connectivity index (χ0n) is 14.6. The highest BCUT2D eigenvalue weighted by molar-refractivity contribution is 9.11. The van der Waals surface area contributed by atoms with E-state index in [1.54, 1.807) is 6.08 Å². The topological polar surface area (TPSA) is 86.7 Å². The third-order valence-corrected chi connectivity index (χ3v) is 6.84. The highest BCUT2D eigenvalue weighted by Crippen LogP contribution is 2.46. The van der Waals surface area contributed by atoms with Crippen LogP contribution >= 0.6 is 27.3 Å². The SMILES string of the molecule is O=C(O)C1NC(c2ccc(Br)s2)C2C(=O)N(C/C=C/c3ccccc3)C(=O)C12. The second-order valence-corrected chi connectivity index (χ2v) is 9.25. The van der Waals surface area contributed by atoms with Gasteiger partial charge in [0.1, 0.15) is 6.04 Å². The largest absolute Gasteiger partial charge is 0.480 e. The highest BCUT2D eigenvalue weighted by Gasteiger charge is 2.61. The van der Waals surface area contributed by atoms with E-state index >= 15 is 0 Å². The number of benzene rings is 1. The van der Waals surface area contributed by atoms with Crippen molar-refractivity contribution in [2.24, 2.45) is 11.8 Å². The third-order valence-electron chi connectivity index (χ3n) is 5.13. The van der Waals surface area contributed by atoms with Crippen molar-refractivity contribution < 1.29 is 19.5 Å². The average molecular weight is 461 g/mol. The second-order valence-electron chi connectivity index (χ2n) is 6.75. The molecule has 2 N–H and O–H groups in total. The summed E-state index contributed by atoms with van der Waals surface area (Å²) >= 11 is 4.83. The number of amides is 2. The number of nitrogens with zero attached hydrogens (tertiary/aromatic N) is 1. The van der Waals surface area contributed by atoms with Crippen molar-refractivity contribution in [3.8, 4) is 0 Å². The molecule has 6 nitrogen and oxygen atoms in total. The minimum atomic E-state index is -1.11. The van der Waals surface area contributed by atoms with Gasteiger partial charge < -0.3 is 5.11 Å². The fraction of sp³-hybridized carbons (Fsp3) is 0.250. The van der Waals surface area contributed by atoms with Gasteiger partial charge in [0.15, 0.2) is 0 Å². The molecule has 2 aromatic rings. The van der Waals surface area contributed by atoms with E-state index in [0.29, 0.717) is 0 Å². The number of carbonyl (C=O) groups is 3. The van der Waals surface area contributed by atoms with Crippen molar-refractivity contribution >= 4 is 51.1 Å². The maximum atomic E-state index is 13.0. The molecule has 4 rings (SSSR count). The highest BCUT2D eigenvalue weighted by atomic mass is 79.9. The fourth-order valence-corrected chi connectivity index (χ4v) is 5.43. The molecule has 28 heavy (non-hydrogen) atoms. The number of nitrogens with one attached hydrogen (secondary N) is 1. The Balaban J connectivity index is 1.59. The molecular formula is C20H17BrN2O4S. The number of hydrogen-bond donors (Lipinski definition) is 2. The number of hydrogen-bond acceptors (Lipinski definition) is 5. The molecule has 2 aliphatic rings. The molecule has 2 aliphatic heterocycles. The zero-order chi connectivity index (χ0) is 19.8. The summed E-state index contributed by atoms with van der Waals surface area (Å²) in [7, 11) is 0. The molecule has 1 aromatic carbocycles. The van der Waals surface area contributed by atoms with Gasteiger partial charge in [0, 0.05) is 11.4 Å². The first-order valence-corrected chi connectivity index (χ1v) is 10.4. The van der Waals surface area contributed by atoms with Crippen molar-refractivity contribution in [1.29, 1.82) is 0 Å². The number of carbonyl (C=O) groups excluding carboxylic acids is 2. The van der Waals surface area contributed by atoms with Crippen LogP contribution in [0.4, 0.5) is 0 Å². The first kappa shape index (κ1) is 19.0. The van der Waals surface area contributed by atoms with Crippen molar-refractivity contribution in [3.05, 3.63) is 62.8 Å². The lowest BCUT2D eigenvalue weighted by atomic mass is 9.89. The second kappa shape index (κ2) is 7.62. The van der Waals surface area contributed by atoms with Crippen molar-refractivity contribution in [1.82, 2.24) is 10.2 Å². The predicted molar refractivity (Wildman–Crippen MR) is 108 cm³/mol. The molecule has 144 valence electrons. The Labute approximate surface area is 174 Å². The Hall–Kier alpha value is -2.29. The number of likely N-dealkylation sites (tertiary alicyclic amines) is 1. The number of carboxylic acids is 1. The zero-order valence-corrected chi connectivity index (χ0v) is 17.0. The van der Waals surface area contributed by atoms with E-state index in [4.69, 9.17) is 0 Å². The Morgan fingerprint density at radius 2 is 1.86 bits per heavy atom. The lowest BCUT2D eigenvalue weighted by Gasteiger charge is -2.19. The van der Waals surface area contributed by atoms with Crippen molar-refractivity contribution in [2.45, 2.75) is 12.1 Å². The van der Waals surface area contributed by atoms with E-state index in [1.165, 1.54) is 16.2 Å². The maximum Gasteiger partial charge on any atom is 0.321 e. The first-order valence-electron chi connectivity index (χ1n) is 8.78. The van der Waals surface area contributed by atoms with Crippen LogP contribution in [0.25, 0.3) is 6.08 Å². The molecule has 0 spiro atoms. The van der Waals surface area contributed by atoms with Gasteiger partial charge in [-0.3, -0.25) is 24.6 Å². The van der Waals surface area contributed by atoms with Gasteiger partial charge in [0.05, 0.1) is 21.7 Å². The fourth-order valence-electron chi connectivity index (χ4n) is 3.89. The van der Waals surface area contributed by atoms with Crippen LogP contribution in [-0.4, -0.2) is 40.4 Å². The van der Waals surface area contributed by atoms with Crippen LogP contribution in [0.3, 0.4) is 0 Å². The predicted octanol–water partition coefficient (Wildman–Crippen LogP) is 2.92. The molecular weight excluding hydrogens is 444 g/mol. The van der Waals surface area contributed by atoms with Crippen LogP contribution < -0.4 is 5.32 Å². The summed E-state index contributed by atoms with van der Waals surface area (Å²) < 4.78 is 0.888. The van der Waals surface area contributed by atoms with E-state index in [9.17, 15) is 19.5 Å². The van der Waals surface area contributed by atoms with Gasteiger partial charge >= 0.3 is 5.97 Å². The molecule has 1 aromatic heterocycles. The quantitative estimate of drug-likeness (QED) is 0.669. The molecule has 0 aliphatic carbocycles. The molecule has 3 heterocycles. The number of thiophene rings is 1. The molecule has 0 bridgehead atoms. The molecule has 2 fully saturated rings. The Morgan fingerprint density at radius 3 is 2.50 bits per heavy atom. The van der Waals surface area contributed by atoms with Crippen molar-refractivity contribution in [2.75, 3.05) is 6.54 Å². The van der Waals surface area contributed by atoms with Crippen LogP contribution in [-0.2, 0) is 14.4 Å². The Bertz CT molecular complexity index is 958. The molecule has 2 saturated heterocycles. The number of carboxylic acid groups (broad SMARTS) is 1. The number of halogens is 1. The summed E-state index contributed by atoms with van der Waals surface area (Å²) in [6.45, 7) is 0.132. The van der Waals surface area contributed by atoms with E-state index < -0.39 is 35.8 Å². The summed E-state index contributed by atoms with van der Waals surface area (Å²) in [6, 6.07) is 11.7. The Morgan fingerprint density at radius 1 is 1.14 bits per heavy atom. The smallest absolute Gasteiger partial charge is 0.321 e. The van der Waals surface area contributed by atoms with Gasteiger partial charge in [-0.15, -0.1) is 11.3 Å². The molecule has 0 saturated carbocycles. The van der Waals surface area contributed by atoms with Gasteiger partial charge in [-0.1, -0.05) is 42.5 Å². The lowest BCUT2D eigenvalue weighted by molar-refractivity contribution is -0.145. The third kappa shape index (κ3) is 3.32. The number of fused-ring (bicyclic) bond motifs is 1. The van der Waals surface area contributed by atoms with Crippen molar-refractivity contribution in [3.63, 3.8) is 0 Å².